The maximum absolute atomic E-state index is 13.2. The van der Waals surface area contributed by atoms with E-state index < -0.39 is 12.0 Å². The first-order valence-electron chi connectivity index (χ1n) is 15.3. The first-order valence-corrected chi connectivity index (χ1v) is 15.3. The highest BCUT2D eigenvalue weighted by Gasteiger charge is 2.38. The molecule has 1 atom stereocenters. The largest absolute Gasteiger partial charge is 0.480 e. The summed E-state index contributed by atoms with van der Waals surface area (Å²) in [5, 5.41) is 16.2. The van der Waals surface area contributed by atoms with Crippen LogP contribution in [0.1, 0.15) is 89.3 Å². The van der Waals surface area contributed by atoms with Crippen LogP contribution in [0.5, 0.6) is 0 Å². The Balaban J connectivity index is 1.26. The van der Waals surface area contributed by atoms with E-state index in [0.29, 0.717) is 19.6 Å². The van der Waals surface area contributed by atoms with Gasteiger partial charge in [-0.05, 0) is 109 Å². The molecule has 0 spiro atoms. The summed E-state index contributed by atoms with van der Waals surface area (Å²) in [7, 11) is 0. The minimum absolute atomic E-state index is 0.158. The van der Waals surface area contributed by atoms with Crippen LogP contribution in [0, 0.1) is 0 Å². The van der Waals surface area contributed by atoms with Crippen molar-refractivity contribution >= 4 is 17.8 Å². The summed E-state index contributed by atoms with van der Waals surface area (Å²) in [6, 6.07) is 3.82. The number of urea groups is 1. The molecule has 39 heavy (non-hydrogen) atoms. The molecule has 2 fully saturated rings. The summed E-state index contributed by atoms with van der Waals surface area (Å²) in [4.78, 5) is 34.3. The number of hydrogen-bond acceptors (Lipinski definition) is 6. The number of pyridine rings is 1. The maximum atomic E-state index is 13.2. The van der Waals surface area contributed by atoms with Crippen LogP contribution in [0.2, 0.25) is 0 Å². The van der Waals surface area contributed by atoms with E-state index in [1.54, 1.807) is 0 Å². The molecule has 2 amide bonds. The summed E-state index contributed by atoms with van der Waals surface area (Å²) in [6.45, 7) is 7.86. The first kappa shape index (κ1) is 29.6. The van der Waals surface area contributed by atoms with Crippen LogP contribution in [0.3, 0.4) is 0 Å². The van der Waals surface area contributed by atoms with Gasteiger partial charge in [0.05, 0.1) is 12.7 Å². The third-order valence-electron chi connectivity index (χ3n) is 8.47. The van der Waals surface area contributed by atoms with Gasteiger partial charge in [0.1, 0.15) is 11.9 Å². The highest BCUT2D eigenvalue weighted by Crippen LogP contribution is 2.33. The molecule has 0 unspecified atom stereocenters. The van der Waals surface area contributed by atoms with Crippen molar-refractivity contribution in [3.63, 3.8) is 0 Å². The number of rotatable bonds is 16. The molecule has 218 valence electrons. The molecular formula is C30H49N5O4. The average Bonchev–Trinajstić information content (AvgIpc) is 2.85. The number of aryl methyl sites for hydroxylation is 2. The number of amides is 2. The maximum Gasteiger partial charge on any atom is 0.326 e. The zero-order valence-electron chi connectivity index (χ0n) is 24.0. The van der Waals surface area contributed by atoms with Gasteiger partial charge in [-0.15, -0.1) is 0 Å². The lowest BCUT2D eigenvalue weighted by Gasteiger charge is -2.46. The number of aliphatic carboxylic acids is 1. The summed E-state index contributed by atoms with van der Waals surface area (Å²) >= 11 is 0. The number of fused-ring (bicyclic) bond motifs is 1. The van der Waals surface area contributed by atoms with Gasteiger partial charge in [0.2, 0.25) is 0 Å². The third kappa shape index (κ3) is 8.80. The van der Waals surface area contributed by atoms with E-state index in [9.17, 15) is 14.7 Å². The molecule has 1 aromatic heterocycles. The summed E-state index contributed by atoms with van der Waals surface area (Å²) in [5.74, 6) is 0.0807. The zero-order chi connectivity index (χ0) is 27.6. The Morgan fingerprint density at radius 3 is 2.46 bits per heavy atom. The fourth-order valence-corrected chi connectivity index (χ4v) is 5.65. The lowest BCUT2D eigenvalue weighted by atomic mass is 9.85. The molecule has 9 heteroatoms. The first-order chi connectivity index (χ1) is 18.9. The van der Waals surface area contributed by atoms with Crippen molar-refractivity contribution in [1.29, 1.82) is 0 Å². The Bertz CT molecular complexity index is 920. The second-order valence-electron chi connectivity index (χ2n) is 11.8. The van der Waals surface area contributed by atoms with Gasteiger partial charge in [0.15, 0.2) is 0 Å². The predicted octanol–water partition coefficient (Wildman–Crippen LogP) is 4.45. The minimum Gasteiger partial charge on any atom is -0.480 e. The lowest BCUT2D eigenvalue weighted by Crippen LogP contribution is -2.58. The molecule has 9 nitrogen and oxygen atoms in total. The Hall–Kier alpha value is -2.39. The number of anilines is 1. The Labute approximate surface area is 234 Å². The van der Waals surface area contributed by atoms with Gasteiger partial charge in [-0.25, -0.2) is 14.6 Å². The van der Waals surface area contributed by atoms with Crippen molar-refractivity contribution in [3.8, 4) is 0 Å². The summed E-state index contributed by atoms with van der Waals surface area (Å²) in [5.41, 5.74) is 2.43. The Morgan fingerprint density at radius 2 is 1.82 bits per heavy atom. The number of carboxylic acids is 1. The monoisotopic (exact) mass is 543 g/mol. The average molecular weight is 544 g/mol. The molecule has 3 aliphatic rings. The number of carboxylic acid groups (broad SMARTS) is 1. The van der Waals surface area contributed by atoms with Crippen molar-refractivity contribution in [2.24, 2.45) is 0 Å². The molecular weight excluding hydrogens is 494 g/mol. The van der Waals surface area contributed by atoms with Gasteiger partial charge >= 0.3 is 12.0 Å². The van der Waals surface area contributed by atoms with Crippen molar-refractivity contribution in [3.05, 3.63) is 23.4 Å². The third-order valence-corrected chi connectivity index (χ3v) is 8.47. The molecule has 3 N–H and O–H groups in total. The number of unbranched alkanes of at least 4 members (excludes halogenated alkanes) is 1. The van der Waals surface area contributed by atoms with Gasteiger partial charge in [0, 0.05) is 37.4 Å². The van der Waals surface area contributed by atoms with E-state index in [0.717, 1.165) is 102 Å². The number of nitrogens with zero attached hydrogens (tertiary/aromatic N) is 3. The van der Waals surface area contributed by atoms with Crippen LogP contribution in [0.25, 0.3) is 0 Å². The molecule has 1 aliphatic heterocycles. The normalized spacial score (nSPS) is 18.2. The number of carbonyl (C=O) groups is 2. The second-order valence-corrected chi connectivity index (χ2v) is 11.8. The van der Waals surface area contributed by atoms with E-state index in [1.807, 2.05) is 18.7 Å². The standard InChI is InChI=1S/C30H49N5O4/c1-22(2)39-21-20-34(18-4-3-9-24-15-14-23-8-7-17-31-28(23)32-24)19-16-27(29(36)37)33-30(38)35(25-10-5-11-25)26-12-6-13-26/h14-15,22,25-27H,3-13,16-21H2,1-2H3,(H,31,32)(H,33,38)(H,36,37)/t27-/m1/s1. The van der Waals surface area contributed by atoms with Crippen LogP contribution in [0.15, 0.2) is 12.1 Å². The molecule has 4 rings (SSSR count). The number of carbonyl (C=O) groups excluding carboxylic acids is 1. The fourth-order valence-electron chi connectivity index (χ4n) is 5.65. The summed E-state index contributed by atoms with van der Waals surface area (Å²) < 4.78 is 5.79. The predicted molar refractivity (Wildman–Crippen MR) is 153 cm³/mol. The molecule has 2 heterocycles. The lowest BCUT2D eigenvalue weighted by molar-refractivity contribution is -0.139. The summed E-state index contributed by atoms with van der Waals surface area (Å²) in [6.07, 6.45) is 12.2. The van der Waals surface area contributed by atoms with E-state index in [2.05, 4.69) is 27.7 Å². The van der Waals surface area contributed by atoms with Crippen LogP contribution in [0.4, 0.5) is 10.6 Å². The number of nitrogens with one attached hydrogen (secondary N) is 2. The Kier molecular flexibility index (Phi) is 11.3. The van der Waals surface area contributed by atoms with Crippen LogP contribution in [-0.2, 0) is 22.4 Å². The van der Waals surface area contributed by atoms with Gasteiger partial charge in [-0.2, -0.15) is 0 Å². The van der Waals surface area contributed by atoms with Gasteiger partial charge < -0.3 is 30.3 Å². The van der Waals surface area contributed by atoms with E-state index in [1.165, 1.54) is 5.56 Å². The molecule has 0 saturated heterocycles. The smallest absolute Gasteiger partial charge is 0.326 e. The SMILES string of the molecule is CC(C)OCCN(CCCCc1ccc2c(n1)NCCC2)CC[C@@H](NC(=O)N(C1CCC1)C1CCC1)C(=O)O. The fraction of sp³-hybridized carbons (Fsp3) is 0.767. The van der Waals surface area contributed by atoms with E-state index >= 15 is 0 Å². The number of ether oxygens (including phenoxy) is 1. The van der Waals surface area contributed by atoms with Gasteiger partial charge in [-0.1, -0.05) is 6.07 Å². The topological polar surface area (TPSA) is 107 Å². The molecule has 0 aromatic carbocycles. The molecule has 2 saturated carbocycles. The van der Waals surface area contributed by atoms with Gasteiger partial charge in [-0.3, -0.25) is 0 Å². The molecule has 1 aromatic rings. The van der Waals surface area contributed by atoms with Gasteiger partial charge in [0.25, 0.3) is 0 Å². The minimum atomic E-state index is -0.962. The quantitative estimate of drug-likeness (QED) is 0.265. The Morgan fingerprint density at radius 1 is 1.08 bits per heavy atom. The molecule has 2 aliphatic carbocycles. The highest BCUT2D eigenvalue weighted by atomic mass is 16.5. The van der Waals surface area contributed by atoms with Crippen molar-refractivity contribution in [2.75, 3.05) is 38.1 Å². The number of aromatic nitrogens is 1. The molecule has 0 bridgehead atoms. The molecule has 0 radical (unpaired) electrons. The van der Waals surface area contributed by atoms with Crippen molar-refractivity contribution < 1.29 is 19.4 Å². The van der Waals surface area contributed by atoms with Crippen molar-refractivity contribution in [1.82, 2.24) is 20.1 Å². The van der Waals surface area contributed by atoms with E-state index in [4.69, 9.17) is 9.72 Å². The van der Waals surface area contributed by atoms with Crippen LogP contribution in [-0.4, -0.2) is 88.9 Å². The zero-order valence-corrected chi connectivity index (χ0v) is 24.0. The highest BCUT2D eigenvalue weighted by molar-refractivity contribution is 5.83. The van der Waals surface area contributed by atoms with Crippen molar-refractivity contribution in [2.45, 2.75) is 115 Å². The van der Waals surface area contributed by atoms with E-state index in [-0.39, 0.29) is 24.2 Å². The number of hydrogen-bond donors (Lipinski definition) is 3. The van der Waals surface area contributed by atoms with Crippen LogP contribution < -0.4 is 10.6 Å². The van der Waals surface area contributed by atoms with Crippen LogP contribution >= 0.6 is 0 Å². The second kappa shape index (κ2) is 14.8.